The minimum Gasteiger partial charge on any atom is -0.461 e. The van der Waals surface area contributed by atoms with Gasteiger partial charge in [-0.15, -0.1) is 0 Å². The summed E-state index contributed by atoms with van der Waals surface area (Å²) in [6, 6.07) is 5.99. The van der Waals surface area contributed by atoms with Crippen molar-refractivity contribution < 1.29 is 18.9 Å². The van der Waals surface area contributed by atoms with Crippen LogP contribution in [0.3, 0.4) is 0 Å². The van der Waals surface area contributed by atoms with E-state index in [1.165, 1.54) is 5.56 Å². The summed E-state index contributed by atoms with van der Waals surface area (Å²) < 4.78 is 22.5. The monoisotopic (exact) mass is 296 g/mol. The van der Waals surface area contributed by atoms with Gasteiger partial charge in [0.1, 0.15) is 0 Å². The van der Waals surface area contributed by atoms with E-state index in [2.05, 4.69) is 19.9 Å². The van der Waals surface area contributed by atoms with Gasteiger partial charge in [0.15, 0.2) is 24.1 Å². The summed E-state index contributed by atoms with van der Waals surface area (Å²) in [5, 5.41) is 0. The Morgan fingerprint density at radius 1 is 0.810 bits per heavy atom. The maximum atomic E-state index is 5.85. The molecule has 2 atom stereocenters. The fourth-order valence-electron chi connectivity index (χ4n) is 1.97. The molecule has 0 saturated carbocycles. The second-order valence-corrected chi connectivity index (χ2v) is 5.14. The molecule has 0 heterocycles. The van der Waals surface area contributed by atoms with Crippen molar-refractivity contribution in [1.82, 2.24) is 0 Å². The molecule has 4 heteroatoms. The molecule has 0 aromatic heterocycles. The second kappa shape index (κ2) is 8.90. The van der Waals surface area contributed by atoms with E-state index in [9.17, 15) is 0 Å². The Kier molecular flexibility index (Phi) is 7.54. The second-order valence-electron chi connectivity index (χ2n) is 5.14. The smallest absolute Gasteiger partial charge is 0.197 e. The minimum absolute atomic E-state index is 0.315. The largest absolute Gasteiger partial charge is 0.461 e. The van der Waals surface area contributed by atoms with Gasteiger partial charge in [0, 0.05) is 13.2 Å². The molecule has 0 bridgehead atoms. The Balaban J connectivity index is 2.93. The Bertz CT molecular complexity index is 417. The molecular weight excluding hydrogens is 268 g/mol. The van der Waals surface area contributed by atoms with Crippen LogP contribution >= 0.6 is 0 Å². The van der Waals surface area contributed by atoms with Gasteiger partial charge in [-0.3, -0.25) is 0 Å². The highest BCUT2D eigenvalue weighted by atomic mass is 16.7. The average Bonchev–Trinajstić information content (AvgIpc) is 2.41. The first-order valence-electron chi connectivity index (χ1n) is 7.68. The Morgan fingerprint density at radius 3 is 1.81 bits per heavy atom. The fraction of sp³-hybridized carbons (Fsp3) is 0.647. The molecule has 0 aliphatic heterocycles. The molecule has 0 amide bonds. The van der Waals surface area contributed by atoms with Crippen molar-refractivity contribution in [3.05, 3.63) is 23.8 Å². The van der Waals surface area contributed by atoms with Gasteiger partial charge in [-0.1, -0.05) is 19.9 Å². The minimum atomic E-state index is -0.317. The lowest BCUT2D eigenvalue weighted by Crippen LogP contribution is -2.19. The van der Waals surface area contributed by atoms with Crippen molar-refractivity contribution >= 4 is 0 Å². The maximum absolute atomic E-state index is 5.85. The molecule has 0 radical (unpaired) electrons. The molecular formula is C17H28O4. The first kappa shape index (κ1) is 17.8. The third-order valence-electron chi connectivity index (χ3n) is 3.02. The Morgan fingerprint density at radius 2 is 1.33 bits per heavy atom. The summed E-state index contributed by atoms with van der Waals surface area (Å²) in [6.45, 7) is 13.1. The number of hydrogen-bond acceptors (Lipinski definition) is 4. The van der Waals surface area contributed by atoms with Crippen LogP contribution < -0.4 is 9.47 Å². The van der Waals surface area contributed by atoms with Crippen molar-refractivity contribution in [2.45, 2.75) is 60.0 Å². The van der Waals surface area contributed by atoms with Crippen LogP contribution in [0.15, 0.2) is 18.2 Å². The molecule has 0 spiro atoms. The van der Waals surface area contributed by atoms with Crippen LogP contribution in [0.2, 0.25) is 0 Å². The van der Waals surface area contributed by atoms with Crippen molar-refractivity contribution in [2.75, 3.05) is 13.2 Å². The molecule has 1 rings (SSSR count). The van der Waals surface area contributed by atoms with Gasteiger partial charge >= 0.3 is 0 Å². The van der Waals surface area contributed by atoms with Crippen molar-refractivity contribution in [2.24, 2.45) is 0 Å². The SMILES string of the molecule is CCOC(C)Oc1ccc(C(C)C)cc1OC(C)OCC. The van der Waals surface area contributed by atoms with Gasteiger partial charge in [-0.05, 0) is 51.3 Å². The van der Waals surface area contributed by atoms with Gasteiger partial charge < -0.3 is 18.9 Å². The molecule has 21 heavy (non-hydrogen) atoms. The van der Waals surface area contributed by atoms with E-state index in [1.807, 2.05) is 39.8 Å². The number of benzene rings is 1. The summed E-state index contributed by atoms with van der Waals surface area (Å²) in [7, 11) is 0. The third-order valence-corrected chi connectivity index (χ3v) is 3.02. The molecule has 0 aliphatic carbocycles. The van der Waals surface area contributed by atoms with Gasteiger partial charge in [-0.25, -0.2) is 0 Å². The number of rotatable bonds is 9. The van der Waals surface area contributed by atoms with Crippen molar-refractivity contribution in [3.8, 4) is 11.5 Å². The van der Waals surface area contributed by atoms with E-state index in [0.717, 1.165) is 0 Å². The molecule has 0 N–H and O–H groups in total. The molecule has 2 unspecified atom stereocenters. The lowest BCUT2D eigenvalue weighted by atomic mass is 10.0. The average molecular weight is 296 g/mol. The molecule has 4 nitrogen and oxygen atoms in total. The summed E-state index contributed by atoms with van der Waals surface area (Å²) in [4.78, 5) is 0. The van der Waals surface area contributed by atoms with Gasteiger partial charge in [0.25, 0.3) is 0 Å². The predicted octanol–water partition coefficient (Wildman–Crippen LogP) is 4.33. The van der Waals surface area contributed by atoms with Crippen LogP contribution in [0, 0.1) is 0 Å². The van der Waals surface area contributed by atoms with Crippen LogP contribution in [0.5, 0.6) is 11.5 Å². The normalized spacial score (nSPS) is 14.0. The Labute approximate surface area is 128 Å². The highest BCUT2D eigenvalue weighted by Crippen LogP contribution is 2.32. The van der Waals surface area contributed by atoms with E-state index in [1.54, 1.807) is 0 Å². The summed E-state index contributed by atoms with van der Waals surface area (Å²) in [5.41, 5.74) is 1.20. The molecule has 0 aliphatic rings. The van der Waals surface area contributed by atoms with Crippen LogP contribution in [0.25, 0.3) is 0 Å². The zero-order valence-corrected chi connectivity index (χ0v) is 14.0. The van der Waals surface area contributed by atoms with Crippen LogP contribution in [-0.2, 0) is 9.47 Å². The summed E-state index contributed by atoms with van der Waals surface area (Å²) in [6.07, 6.45) is -0.633. The maximum Gasteiger partial charge on any atom is 0.197 e. The first-order chi connectivity index (χ1) is 9.97. The van der Waals surface area contributed by atoms with E-state index in [0.29, 0.717) is 30.6 Å². The van der Waals surface area contributed by atoms with E-state index < -0.39 is 0 Å². The predicted molar refractivity (Wildman–Crippen MR) is 84.0 cm³/mol. The van der Waals surface area contributed by atoms with E-state index >= 15 is 0 Å². The van der Waals surface area contributed by atoms with Gasteiger partial charge in [0.2, 0.25) is 0 Å². The molecule has 0 saturated heterocycles. The zero-order valence-electron chi connectivity index (χ0n) is 14.0. The highest BCUT2D eigenvalue weighted by Gasteiger charge is 2.14. The zero-order chi connectivity index (χ0) is 15.8. The number of hydrogen-bond donors (Lipinski definition) is 0. The summed E-state index contributed by atoms with van der Waals surface area (Å²) >= 11 is 0. The van der Waals surface area contributed by atoms with Crippen LogP contribution in [0.1, 0.15) is 53.0 Å². The lowest BCUT2D eigenvalue weighted by Gasteiger charge is -2.21. The van der Waals surface area contributed by atoms with Gasteiger partial charge in [0.05, 0.1) is 0 Å². The molecule has 120 valence electrons. The molecule has 1 aromatic rings. The standard InChI is InChI=1S/C17H28O4/c1-7-18-13(5)20-16-10-9-15(12(3)4)11-17(16)21-14(6)19-8-2/h9-14H,7-8H2,1-6H3. The number of ether oxygens (including phenoxy) is 4. The van der Waals surface area contributed by atoms with Crippen LogP contribution in [0.4, 0.5) is 0 Å². The van der Waals surface area contributed by atoms with Gasteiger partial charge in [-0.2, -0.15) is 0 Å². The van der Waals surface area contributed by atoms with Crippen LogP contribution in [-0.4, -0.2) is 25.8 Å². The molecule has 0 fully saturated rings. The quantitative estimate of drug-likeness (QED) is 0.635. The van der Waals surface area contributed by atoms with E-state index in [4.69, 9.17) is 18.9 Å². The third kappa shape index (κ3) is 5.94. The Hall–Kier alpha value is -1.26. The first-order valence-corrected chi connectivity index (χ1v) is 7.68. The topological polar surface area (TPSA) is 36.9 Å². The lowest BCUT2D eigenvalue weighted by molar-refractivity contribution is -0.0766. The van der Waals surface area contributed by atoms with Crippen molar-refractivity contribution in [1.29, 1.82) is 0 Å². The molecule has 1 aromatic carbocycles. The summed E-state index contributed by atoms with van der Waals surface area (Å²) in [5.74, 6) is 1.79. The fourth-order valence-corrected chi connectivity index (χ4v) is 1.97. The van der Waals surface area contributed by atoms with E-state index in [-0.39, 0.29) is 12.6 Å². The van der Waals surface area contributed by atoms with Crippen molar-refractivity contribution in [3.63, 3.8) is 0 Å². The highest BCUT2D eigenvalue weighted by molar-refractivity contribution is 5.44.